The average Bonchev–Trinajstić information content (AvgIpc) is 2.06. The molecule has 0 aliphatic carbocycles. The van der Waals surface area contributed by atoms with Gasteiger partial charge in [0.05, 0.1) is 0 Å². The van der Waals surface area contributed by atoms with Gasteiger partial charge in [0, 0.05) is 0 Å². The van der Waals surface area contributed by atoms with Crippen molar-refractivity contribution in [2.75, 3.05) is 0 Å². The molecular weight excluding hydrogens is 144 g/mol. The van der Waals surface area contributed by atoms with Gasteiger partial charge in [-0.1, -0.05) is 29.8 Å². The molecule has 0 nitrogen and oxygen atoms in total. The summed E-state index contributed by atoms with van der Waals surface area (Å²) in [6, 6.07) is 16.1. The Morgan fingerprint density at radius 1 is 0.833 bits per heavy atom. The molecule has 0 heterocycles. The van der Waals surface area contributed by atoms with E-state index in [2.05, 4.69) is 26.0 Å². The Balaban J connectivity index is 3.18. The minimum absolute atomic E-state index is 1.02. The molecule has 1 rings (SSSR count). The molecule has 0 aromatic heterocycles. The predicted octanol–water partition coefficient (Wildman–Crippen LogP) is 3.30. The Labute approximate surface area is 74.2 Å². The van der Waals surface area contributed by atoms with Gasteiger partial charge < -0.3 is 0 Å². The molecule has 0 atom stereocenters. The second-order valence-electron chi connectivity index (χ2n) is 2.76. The Morgan fingerprint density at radius 3 is 1.75 bits per heavy atom. The highest BCUT2D eigenvalue weighted by Gasteiger charge is 1.69. The Morgan fingerprint density at radius 2 is 1.25 bits per heavy atom. The van der Waals surface area contributed by atoms with Crippen LogP contribution < -0.4 is 0 Å². The van der Waals surface area contributed by atoms with E-state index in [0.717, 1.165) is 5.56 Å². The summed E-state index contributed by atoms with van der Waals surface area (Å²) in [7, 11) is 0. The SMILES string of the molecule is [CH2-]c1ccccc(C)cccc1. The lowest BCUT2D eigenvalue weighted by Gasteiger charge is -1.91. The summed E-state index contributed by atoms with van der Waals surface area (Å²) in [6.07, 6.45) is 0. The topological polar surface area (TPSA) is 0 Å². The fourth-order valence-electron chi connectivity index (χ4n) is 0.884. The van der Waals surface area contributed by atoms with Crippen molar-refractivity contribution in [1.82, 2.24) is 0 Å². The summed E-state index contributed by atoms with van der Waals surface area (Å²) in [5.41, 5.74) is 2.26. The van der Waals surface area contributed by atoms with Crippen LogP contribution in [-0.4, -0.2) is 0 Å². The number of rotatable bonds is 0. The normalized spacial score (nSPS) is 8.75. The summed E-state index contributed by atoms with van der Waals surface area (Å²) in [4.78, 5) is 0. The summed E-state index contributed by atoms with van der Waals surface area (Å²) in [5, 5.41) is 0. The van der Waals surface area contributed by atoms with Crippen molar-refractivity contribution in [2.45, 2.75) is 6.92 Å². The van der Waals surface area contributed by atoms with Gasteiger partial charge in [-0.3, -0.25) is 0 Å². The first-order valence-corrected chi connectivity index (χ1v) is 4.01. The van der Waals surface area contributed by atoms with Crippen molar-refractivity contribution in [3.63, 3.8) is 0 Å². The van der Waals surface area contributed by atoms with E-state index in [1.807, 2.05) is 36.4 Å². The molecule has 0 aliphatic rings. The predicted molar refractivity (Wildman–Crippen MR) is 53.3 cm³/mol. The van der Waals surface area contributed by atoms with Gasteiger partial charge in [-0.05, 0) is 6.92 Å². The summed E-state index contributed by atoms with van der Waals surface area (Å²) in [5.74, 6) is 0. The summed E-state index contributed by atoms with van der Waals surface area (Å²) in [6.45, 7) is 5.93. The lowest BCUT2D eigenvalue weighted by Crippen LogP contribution is -1.64. The molecule has 0 radical (unpaired) electrons. The first-order valence-electron chi connectivity index (χ1n) is 4.01. The highest BCUT2D eigenvalue weighted by Crippen LogP contribution is 1.94. The monoisotopic (exact) mass is 157 g/mol. The first kappa shape index (κ1) is 8.66. The molecule has 0 fully saturated rings. The van der Waals surface area contributed by atoms with Crippen LogP contribution in [-0.2, 0) is 0 Å². The second-order valence-corrected chi connectivity index (χ2v) is 2.76. The maximum absolute atomic E-state index is 3.86. The lowest BCUT2D eigenvalue weighted by atomic mass is 10.2. The van der Waals surface area contributed by atoms with Crippen LogP contribution in [0.5, 0.6) is 0 Å². The fourth-order valence-corrected chi connectivity index (χ4v) is 0.884. The third kappa shape index (κ3) is 3.11. The molecule has 62 valence electrons. The Bertz CT molecular complexity index is 239. The highest BCUT2D eigenvalue weighted by molar-refractivity contribution is 5.16. The number of aryl methyl sites for hydroxylation is 1. The zero-order chi connectivity index (χ0) is 8.81. The third-order valence-corrected chi connectivity index (χ3v) is 1.56. The molecule has 12 heavy (non-hydrogen) atoms. The first-order chi connectivity index (χ1) is 5.79. The van der Waals surface area contributed by atoms with Crippen LogP contribution in [0.3, 0.4) is 0 Å². The van der Waals surface area contributed by atoms with Crippen LogP contribution in [0.2, 0.25) is 0 Å². The van der Waals surface area contributed by atoms with Crippen molar-refractivity contribution in [2.24, 2.45) is 0 Å². The standard InChI is InChI=1S/C12H13/c1-11-7-3-5-9-12(2)10-6-4-8-11/h3-10H,1H2,2H3/q-1. The van der Waals surface area contributed by atoms with Crippen molar-refractivity contribution in [3.05, 3.63) is 66.6 Å². The van der Waals surface area contributed by atoms with Gasteiger partial charge in [0.2, 0.25) is 0 Å². The Hall–Kier alpha value is -1.43. The molecule has 0 saturated heterocycles. The molecule has 0 aliphatic heterocycles. The lowest BCUT2D eigenvalue weighted by molar-refractivity contribution is 1.49. The summed E-state index contributed by atoms with van der Waals surface area (Å²) >= 11 is 0. The van der Waals surface area contributed by atoms with E-state index >= 15 is 0 Å². The molecule has 1 aromatic carbocycles. The van der Waals surface area contributed by atoms with E-state index < -0.39 is 0 Å². The van der Waals surface area contributed by atoms with Crippen LogP contribution in [0, 0.1) is 13.8 Å². The van der Waals surface area contributed by atoms with Crippen molar-refractivity contribution < 1.29 is 0 Å². The van der Waals surface area contributed by atoms with E-state index in [0.29, 0.717) is 0 Å². The van der Waals surface area contributed by atoms with E-state index in [9.17, 15) is 0 Å². The second kappa shape index (κ2) is 4.45. The van der Waals surface area contributed by atoms with Crippen LogP contribution >= 0.6 is 0 Å². The van der Waals surface area contributed by atoms with Gasteiger partial charge in [0.15, 0.2) is 0 Å². The zero-order valence-corrected chi connectivity index (χ0v) is 7.33. The molecule has 0 saturated carbocycles. The van der Waals surface area contributed by atoms with E-state index in [1.165, 1.54) is 5.56 Å². The van der Waals surface area contributed by atoms with Gasteiger partial charge >= 0.3 is 0 Å². The van der Waals surface area contributed by atoms with Gasteiger partial charge in [-0.2, -0.15) is 24.6 Å². The maximum Gasteiger partial charge on any atom is -0.0398 e. The minimum Gasteiger partial charge on any atom is -0.199 e. The fraction of sp³-hybridized carbons (Fsp3) is 0.0833. The minimum atomic E-state index is 1.02. The van der Waals surface area contributed by atoms with Gasteiger partial charge in [0.1, 0.15) is 0 Å². The van der Waals surface area contributed by atoms with Gasteiger partial charge in [0.25, 0.3) is 0 Å². The molecule has 0 unspecified atom stereocenters. The van der Waals surface area contributed by atoms with Gasteiger partial charge in [-0.25, -0.2) is 0 Å². The maximum atomic E-state index is 3.86. The van der Waals surface area contributed by atoms with Crippen molar-refractivity contribution in [3.8, 4) is 0 Å². The van der Waals surface area contributed by atoms with Crippen LogP contribution in [0.15, 0.2) is 48.5 Å². The smallest absolute Gasteiger partial charge is 0.0398 e. The average molecular weight is 157 g/mol. The largest absolute Gasteiger partial charge is 0.199 e. The molecular formula is C12H13-. The molecule has 0 bridgehead atoms. The van der Waals surface area contributed by atoms with Crippen molar-refractivity contribution in [1.29, 1.82) is 0 Å². The van der Waals surface area contributed by atoms with Crippen LogP contribution in [0.1, 0.15) is 11.1 Å². The molecule has 0 heteroatoms. The molecule has 0 amide bonds. The zero-order valence-electron chi connectivity index (χ0n) is 7.33. The number of hydrogen-bond acceptors (Lipinski definition) is 0. The number of hydrogen-bond donors (Lipinski definition) is 0. The van der Waals surface area contributed by atoms with Crippen molar-refractivity contribution >= 4 is 0 Å². The van der Waals surface area contributed by atoms with Gasteiger partial charge in [-0.15, -0.1) is 12.1 Å². The van der Waals surface area contributed by atoms with E-state index in [1.54, 1.807) is 0 Å². The molecule has 1 aromatic rings. The molecule has 0 spiro atoms. The van der Waals surface area contributed by atoms with Crippen LogP contribution in [0.25, 0.3) is 0 Å². The van der Waals surface area contributed by atoms with Crippen LogP contribution in [0.4, 0.5) is 0 Å². The van der Waals surface area contributed by atoms with E-state index in [4.69, 9.17) is 0 Å². The third-order valence-electron chi connectivity index (χ3n) is 1.56. The molecule has 0 N–H and O–H groups in total. The van der Waals surface area contributed by atoms with E-state index in [-0.39, 0.29) is 0 Å². The quantitative estimate of drug-likeness (QED) is 0.507. The Kier molecular flexibility index (Phi) is 3.21. The summed E-state index contributed by atoms with van der Waals surface area (Å²) < 4.78 is 0. The highest BCUT2D eigenvalue weighted by atomic mass is 13.8.